The summed E-state index contributed by atoms with van der Waals surface area (Å²) >= 11 is 0. The van der Waals surface area contributed by atoms with Gasteiger partial charge in [0.2, 0.25) is 0 Å². The van der Waals surface area contributed by atoms with Crippen LogP contribution >= 0.6 is 0 Å². The fourth-order valence-corrected chi connectivity index (χ4v) is 0.933. The predicted molar refractivity (Wildman–Crippen MR) is 22.8 cm³/mol. The third kappa shape index (κ3) is 7.69. The SMILES string of the molecule is O=S(=O)(F)N=S(=O)(F)F. The van der Waals surface area contributed by atoms with Crippen molar-refractivity contribution < 1.29 is 24.3 Å². The van der Waals surface area contributed by atoms with Gasteiger partial charge in [-0.05, 0) is 3.77 Å². The molecule has 56 valence electrons. The molecule has 0 bridgehead atoms. The van der Waals surface area contributed by atoms with Gasteiger partial charge in [-0.25, -0.2) is 0 Å². The molecule has 0 fully saturated rings. The van der Waals surface area contributed by atoms with Crippen LogP contribution in [0.2, 0.25) is 0 Å². The Kier molecular flexibility index (Phi) is 2.06. The minimum Gasteiger partial charge on any atom is -0.179 e. The van der Waals surface area contributed by atoms with Gasteiger partial charge in [0.25, 0.3) is 0 Å². The summed E-state index contributed by atoms with van der Waals surface area (Å²) in [7, 11) is -11.6. The maximum absolute atomic E-state index is 11.0. The monoisotopic (exact) mass is 183 g/mol. The van der Waals surface area contributed by atoms with Crippen LogP contribution in [0.1, 0.15) is 0 Å². The summed E-state index contributed by atoms with van der Waals surface area (Å²) in [6.45, 7) is 0. The summed E-state index contributed by atoms with van der Waals surface area (Å²) in [6, 6.07) is 0. The topological polar surface area (TPSA) is 63.6 Å². The van der Waals surface area contributed by atoms with Crippen LogP contribution in [0.5, 0.6) is 0 Å². The number of halogens is 3. The quantitative estimate of drug-likeness (QED) is 0.554. The van der Waals surface area contributed by atoms with Crippen molar-refractivity contribution in [2.45, 2.75) is 0 Å². The highest BCUT2D eigenvalue weighted by atomic mass is 32.3. The van der Waals surface area contributed by atoms with Gasteiger partial charge in [-0.3, -0.25) is 0 Å². The lowest BCUT2D eigenvalue weighted by molar-refractivity contribution is 0.550. The summed E-state index contributed by atoms with van der Waals surface area (Å²) in [5.74, 6) is 0. The van der Waals surface area contributed by atoms with Gasteiger partial charge in [0.05, 0.1) is 0 Å². The van der Waals surface area contributed by atoms with Gasteiger partial charge in [-0.15, -0.1) is 0 Å². The van der Waals surface area contributed by atoms with E-state index in [0.29, 0.717) is 0 Å². The van der Waals surface area contributed by atoms with E-state index in [1.165, 1.54) is 0 Å². The molecule has 0 unspecified atom stereocenters. The lowest BCUT2D eigenvalue weighted by atomic mass is 13.9. The molecule has 0 N–H and O–H groups in total. The summed E-state index contributed by atoms with van der Waals surface area (Å²) < 4.78 is 61.4. The van der Waals surface area contributed by atoms with E-state index in [2.05, 4.69) is 0 Å². The van der Waals surface area contributed by atoms with Crippen LogP contribution in [-0.4, -0.2) is 12.6 Å². The van der Waals surface area contributed by atoms with Crippen molar-refractivity contribution in [3.8, 4) is 0 Å². The van der Waals surface area contributed by atoms with Crippen LogP contribution in [0.4, 0.5) is 11.7 Å². The first-order chi connectivity index (χ1) is 3.71. The van der Waals surface area contributed by atoms with E-state index in [1.54, 1.807) is 0 Å². The maximum Gasteiger partial charge on any atom is 0.429 e. The van der Waals surface area contributed by atoms with E-state index < -0.39 is 20.9 Å². The fraction of sp³-hybridized carbons (Fsp3) is 0. The van der Waals surface area contributed by atoms with Gasteiger partial charge < -0.3 is 0 Å². The van der Waals surface area contributed by atoms with Gasteiger partial charge in [0, 0.05) is 0 Å². The first-order valence-electron chi connectivity index (χ1n) is 1.33. The Balaban J connectivity index is 5.01. The third-order valence-electron chi connectivity index (χ3n) is 0.176. The molecule has 0 atom stereocenters. The van der Waals surface area contributed by atoms with Crippen molar-refractivity contribution in [2.24, 2.45) is 3.77 Å². The lowest BCUT2D eigenvalue weighted by Crippen LogP contribution is -1.86. The molecule has 9 heavy (non-hydrogen) atoms. The van der Waals surface area contributed by atoms with Gasteiger partial charge >= 0.3 is 20.9 Å². The molecule has 0 aliphatic rings. The summed E-state index contributed by atoms with van der Waals surface area (Å²) in [5, 5.41) is 0. The van der Waals surface area contributed by atoms with E-state index >= 15 is 0 Å². The smallest absolute Gasteiger partial charge is 0.179 e. The van der Waals surface area contributed by atoms with Crippen molar-refractivity contribution in [3.63, 3.8) is 0 Å². The Morgan fingerprint density at radius 3 is 1.33 bits per heavy atom. The Labute approximate surface area is 49.8 Å². The van der Waals surface area contributed by atoms with Crippen LogP contribution < -0.4 is 0 Å². The highest BCUT2D eigenvalue weighted by molar-refractivity contribution is 7.95. The Morgan fingerprint density at radius 2 is 1.33 bits per heavy atom. The molecule has 0 saturated heterocycles. The maximum atomic E-state index is 11.0. The third-order valence-corrected chi connectivity index (χ3v) is 1.58. The lowest BCUT2D eigenvalue weighted by Gasteiger charge is -1.78. The minimum absolute atomic E-state index is 1.04. The number of hydrogen-bond donors (Lipinski definition) is 0. The Morgan fingerprint density at radius 1 is 1.00 bits per heavy atom. The van der Waals surface area contributed by atoms with E-state index in [-0.39, 0.29) is 0 Å². The van der Waals surface area contributed by atoms with Gasteiger partial charge in [-0.1, -0.05) is 11.7 Å². The Hall–Kier alpha value is -0.310. The molecule has 4 nitrogen and oxygen atoms in total. The first-order valence-corrected chi connectivity index (χ1v) is 3.98. The second-order valence-corrected chi connectivity index (χ2v) is 3.10. The molecule has 0 rings (SSSR count). The number of nitrogens with zero attached hydrogens (tertiary/aromatic N) is 1. The Bertz CT molecular complexity index is 285. The summed E-state index contributed by atoms with van der Waals surface area (Å²) in [6.07, 6.45) is 0. The van der Waals surface area contributed by atoms with E-state index in [4.69, 9.17) is 12.6 Å². The average molecular weight is 183 g/mol. The highest BCUT2D eigenvalue weighted by Gasteiger charge is 2.11. The molecule has 0 amide bonds. The van der Waals surface area contributed by atoms with Crippen molar-refractivity contribution in [1.29, 1.82) is 0 Å². The molecular weight excluding hydrogens is 183 g/mol. The van der Waals surface area contributed by atoms with Crippen LogP contribution in [0.3, 0.4) is 0 Å². The number of rotatable bonds is 1. The van der Waals surface area contributed by atoms with Gasteiger partial charge in [-0.2, -0.15) is 12.6 Å². The standard InChI is InChI=1S/F3NO3S2/c1-8(2,5)4-9(3,6)7. The second kappa shape index (κ2) is 2.14. The molecule has 0 aliphatic heterocycles. The van der Waals surface area contributed by atoms with E-state index in [1.807, 2.05) is 0 Å². The second-order valence-electron chi connectivity index (χ2n) is 0.884. The average Bonchev–Trinajstić information content (AvgIpc) is 1.14. The van der Waals surface area contributed by atoms with Gasteiger partial charge in [0.15, 0.2) is 0 Å². The molecule has 0 aromatic carbocycles. The van der Waals surface area contributed by atoms with Crippen molar-refractivity contribution in [3.05, 3.63) is 0 Å². The highest BCUT2D eigenvalue weighted by Crippen LogP contribution is 2.04. The molecule has 0 aromatic heterocycles. The summed E-state index contributed by atoms with van der Waals surface area (Å²) in [5.41, 5.74) is 0. The zero-order valence-electron chi connectivity index (χ0n) is 3.62. The van der Waals surface area contributed by atoms with Crippen molar-refractivity contribution in [1.82, 2.24) is 0 Å². The zero-order chi connectivity index (χ0) is 7.71. The summed E-state index contributed by atoms with van der Waals surface area (Å²) in [4.78, 5) is 0. The van der Waals surface area contributed by atoms with Crippen molar-refractivity contribution in [2.75, 3.05) is 0 Å². The van der Waals surface area contributed by atoms with Crippen molar-refractivity contribution >= 4 is 20.9 Å². The van der Waals surface area contributed by atoms with E-state index in [9.17, 15) is 11.7 Å². The van der Waals surface area contributed by atoms with Crippen LogP contribution in [-0.2, 0) is 20.9 Å². The molecule has 9 heteroatoms. The molecule has 0 saturated carbocycles. The predicted octanol–water partition coefficient (Wildman–Crippen LogP) is 0.438. The van der Waals surface area contributed by atoms with Crippen LogP contribution in [0, 0.1) is 0 Å². The molecular formula is F3NO3S2. The fourth-order valence-electron chi connectivity index (χ4n) is 0.104. The minimum atomic E-state index is -5.87. The van der Waals surface area contributed by atoms with E-state index in [0.717, 1.165) is 3.77 Å². The van der Waals surface area contributed by atoms with Crippen LogP contribution in [0.15, 0.2) is 3.77 Å². The molecule has 0 radical (unpaired) electrons. The first kappa shape index (κ1) is 8.69. The molecule has 0 spiro atoms. The molecule has 0 aliphatic carbocycles. The molecule has 0 heterocycles. The normalized spacial score (nSPS) is 13.2. The molecule has 0 aromatic rings. The van der Waals surface area contributed by atoms with Gasteiger partial charge in [0.1, 0.15) is 0 Å². The zero-order valence-corrected chi connectivity index (χ0v) is 5.26. The largest absolute Gasteiger partial charge is 0.429 e. The van der Waals surface area contributed by atoms with Crippen LogP contribution in [0.25, 0.3) is 0 Å². The number of hydrogen-bond acceptors (Lipinski definition) is 3.